The molecule has 0 saturated heterocycles. The number of aromatic carboxylic acids is 1. The van der Waals surface area contributed by atoms with Crippen molar-refractivity contribution in [2.45, 2.75) is 32.2 Å². The zero-order chi connectivity index (χ0) is 12.1. The average Bonchev–Trinajstić information content (AvgIpc) is 2.26. The second-order valence-corrected chi connectivity index (χ2v) is 4.72. The summed E-state index contributed by atoms with van der Waals surface area (Å²) in [7, 11) is 0. The molecule has 0 radical (unpaired) electrons. The molecule has 1 aliphatic rings. The third kappa shape index (κ3) is 3.30. The minimum Gasteiger partial charge on any atom is -0.478 e. The molecule has 1 aliphatic carbocycles. The van der Waals surface area contributed by atoms with Crippen LogP contribution in [0.1, 0.15) is 41.6 Å². The van der Waals surface area contributed by atoms with E-state index >= 15 is 0 Å². The molecular weight excluding hydrogens is 214 g/mol. The van der Waals surface area contributed by atoms with E-state index in [1.807, 2.05) is 12.1 Å². The monoisotopic (exact) mass is 233 g/mol. The van der Waals surface area contributed by atoms with Crippen molar-refractivity contribution >= 4 is 5.97 Å². The Kier molecular flexibility index (Phi) is 4.15. The first-order valence-electron chi connectivity index (χ1n) is 6.29. The average molecular weight is 233 g/mol. The third-order valence-electron chi connectivity index (χ3n) is 3.52. The van der Waals surface area contributed by atoms with Gasteiger partial charge in [-0.1, -0.05) is 37.5 Å². The summed E-state index contributed by atoms with van der Waals surface area (Å²) in [6, 6.07) is 7.18. The van der Waals surface area contributed by atoms with E-state index in [-0.39, 0.29) is 0 Å². The van der Waals surface area contributed by atoms with Gasteiger partial charge in [-0.05, 0) is 30.5 Å². The number of hydrogen-bond donors (Lipinski definition) is 2. The Bertz CT molecular complexity index is 386. The summed E-state index contributed by atoms with van der Waals surface area (Å²) in [6.45, 7) is 1.63. The Hall–Kier alpha value is -1.35. The first kappa shape index (κ1) is 12.1. The van der Waals surface area contributed by atoms with E-state index in [1.165, 1.54) is 25.7 Å². The van der Waals surface area contributed by atoms with Gasteiger partial charge >= 0.3 is 5.97 Å². The first-order chi connectivity index (χ1) is 8.27. The highest BCUT2D eigenvalue weighted by Gasteiger charge is 2.16. The summed E-state index contributed by atoms with van der Waals surface area (Å²) in [5, 5.41) is 12.4. The minimum absolute atomic E-state index is 0.406. The molecule has 0 aromatic heterocycles. The second-order valence-electron chi connectivity index (χ2n) is 4.72. The molecule has 2 rings (SSSR count). The second kappa shape index (κ2) is 5.82. The minimum atomic E-state index is -0.846. The van der Waals surface area contributed by atoms with Gasteiger partial charge in [-0.15, -0.1) is 0 Å². The molecule has 0 heterocycles. The highest BCUT2D eigenvalue weighted by Crippen LogP contribution is 2.28. The number of carboxylic acid groups (broad SMARTS) is 1. The molecule has 1 aromatic rings. The number of carbonyl (C=O) groups is 1. The van der Waals surface area contributed by atoms with Crippen LogP contribution in [0.25, 0.3) is 0 Å². The summed E-state index contributed by atoms with van der Waals surface area (Å²) in [4.78, 5) is 11.0. The standard InChI is InChI=1S/C14H19NO2/c16-14(17)13-7-2-1-6-12(13)10-15-9-8-11-4-3-5-11/h1-2,6-7,11,15H,3-5,8-10H2,(H,16,17). The van der Waals surface area contributed by atoms with Crippen molar-refractivity contribution in [2.24, 2.45) is 5.92 Å². The van der Waals surface area contributed by atoms with Crippen molar-refractivity contribution in [1.82, 2.24) is 5.32 Å². The SMILES string of the molecule is O=C(O)c1ccccc1CNCCC1CCC1. The van der Waals surface area contributed by atoms with Crippen molar-refractivity contribution in [3.8, 4) is 0 Å². The fourth-order valence-corrected chi connectivity index (χ4v) is 2.19. The fourth-order valence-electron chi connectivity index (χ4n) is 2.19. The number of benzene rings is 1. The van der Waals surface area contributed by atoms with Gasteiger partial charge in [-0.2, -0.15) is 0 Å². The molecule has 0 spiro atoms. The lowest BCUT2D eigenvalue weighted by Crippen LogP contribution is -2.22. The molecule has 0 unspecified atom stereocenters. The maximum atomic E-state index is 11.0. The van der Waals surface area contributed by atoms with Gasteiger partial charge in [0.05, 0.1) is 5.56 Å². The van der Waals surface area contributed by atoms with Gasteiger partial charge in [0.25, 0.3) is 0 Å². The number of hydrogen-bond acceptors (Lipinski definition) is 2. The molecule has 1 saturated carbocycles. The van der Waals surface area contributed by atoms with Crippen LogP contribution in [0, 0.1) is 5.92 Å². The quantitative estimate of drug-likeness (QED) is 0.743. The van der Waals surface area contributed by atoms with Crippen molar-refractivity contribution in [3.63, 3.8) is 0 Å². The van der Waals surface area contributed by atoms with E-state index in [9.17, 15) is 4.79 Å². The Morgan fingerprint density at radius 2 is 2.12 bits per heavy atom. The fraction of sp³-hybridized carbons (Fsp3) is 0.500. The lowest BCUT2D eigenvalue weighted by molar-refractivity contribution is 0.0695. The highest BCUT2D eigenvalue weighted by atomic mass is 16.4. The van der Waals surface area contributed by atoms with Crippen molar-refractivity contribution in [3.05, 3.63) is 35.4 Å². The Labute approximate surface area is 102 Å². The Morgan fingerprint density at radius 1 is 1.35 bits per heavy atom. The maximum Gasteiger partial charge on any atom is 0.336 e. The lowest BCUT2D eigenvalue weighted by atomic mass is 9.83. The third-order valence-corrected chi connectivity index (χ3v) is 3.52. The molecule has 0 aliphatic heterocycles. The van der Waals surface area contributed by atoms with Crippen LogP contribution in [0.4, 0.5) is 0 Å². The summed E-state index contributed by atoms with van der Waals surface area (Å²) in [5.41, 5.74) is 1.28. The van der Waals surface area contributed by atoms with E-state index in [1.54, 1.807) is 12.1 Å². The Balaban J connectivity index is 1.79. The van der Waals surface area contributed by atoms with Gasteiger partial charge in [0.15, 0.2) is 0 Å². The van der Waals surface area contributed by atoms with Crippen LogP contribution in [0.15, 0.2) is 24.3 Å². The van der Waals surface area contributed by atoms with Crippen LogP contribution in [0.5, 0.6) is 0 Å². The molecule has 0 bridgehead atoms. The maximum absolute atomic E-state index is 11.0. The topological polar surface area (TPSA) is 49.3 Å². The zero-order valence-corrected chi connectivity index (χ0v) is 9.98. The molecule has 0 amide bonds. The van der Waals surface area contributed by atoms with Gasteiger partial charge < -0.3 is 10.4 Å². The summed E-state index contributed by atoms with van der Waals surface area (Å²) >= 11 is 0. The summed E-state index contributed by atoms with van der Waals surface area (Å²) < 4.78 is 0. The number of nitrogens with one attached hydrogen (secondary N) is 1. The smallest absolute Gasteiger partial charge is 0.336 e. The van der Waals surface area contributed by atoms with E-state index in [2.05, 4.69) is 5.32 Å². The first-order valence-corrected chi connectivity index (χ1v) is 6.29. The summed E-state index contributed by atoms with van der Waals surface area (Å²) in [6.07, 6.45) is 5.34. The van der Waals surface area contributed by atoms with Gasteiger partial charge in [-0.3, -0.25) is 0 Å². The van der Waals surface area contributed by atoms with Gasteiger partial charge in [0.1, 0.15) is 0 Å². The molecule has 92 valence electrons. The van der Waals surface area contributed by atoms with Crippen LogP contribution in [-0.2, 0) is 6.54 Å². The molecule has 17 heavy (non-hydrogen) atoms. The Morgan fingerprint density at radius 3 is 2.76 bits per heavy atom. The highest BCUT2D eigenvalue weighted by molar-refractivity contribution is 5.89. The van der Waals surface area contributed by atoms with Gasteiger partial charge in [0.2, 0.25) is 0 Å². The molecular formula is C14H19NO2. The van der Waals surface area contributed by atoms with Crippen molar-refractivity contribution in [2.75, 3.05) is 6.54 Å². The summed E-state index contributed by atoms with van der Waals surface area (Å²) in [5.74, 6) is 0.0543. The van der Waals surface area contributed by atoms with Gasteiger partial charge in [0, 0.05) is 6.54 Å². The van der Waals surface area contributed by atoms with Gasteiger partial charge in [-0.25, -0.2) is 4.79 Å². The van der Waals surface area contributed by atoms with E-state index < -0.39 is 5.97 Å². The van der Waals surface area contributed by atoms with E-state index in [4.69, 9.17) is 5.11 Å². The van der Waals surface area contributed by atoms with Crippen molar-refractivity contribution in [1.29, 1.82) is 0 Å². The number of carboxylic acids is 1. The molecule has 3 nitrogen and oxygen atoms in total. The zero-order valence-electron chi connectivity index (χ0n) is 9.98. The van der Waals surface area contributed by atoms with Crippen LogP contribution >= 0.6 is 0 Å². The van der Waals surface area contributed by atoms with Crippen LogP contribution < -0.4 is 5.32 Å². The van der Waals surface area contributed by atoms with Crippen LogP contribution in [0.2, 0.25) is 0 Å². The van der Waals surface area contributed by atoms with Crippen LogP contribution in [-0.4, -0.2) is 17.6 Å². The molecule has 1 fully saturated rings. The predicted molar refractivity (Wildman–Crippen MR) is 67.1 cm³/mol. The van der Waals surface area contributed by atoms with Crippen LogP contribution in [0.3, 0.4) is 0 Å². The van der Waals surface area contributed by atoms with E-state index in [0.717, 1.165) is 18.0 Å². The predicted octanol–water partition coefficient (Wildman–Crippen LogP) is 2.66. The molecule has 3 heteroatoms. The normalized spacial score (nSPS) is 15.5. The lowest BCUT2D eigenvalue weighted by Gasteiger charge is -2.25. The largest absolute Gasteiger partial charge is 0.478 e. The van der Waals surface area contributed by atoms with Crippen molar-refractivity contribution < 1.29 is 9.90 Å². The molecule has 1 aromatic carbocycles. The number of rotatable bonds is 6. The molecule has 0 atom stereocenters. The molecule has 2 N–H and O–H groups in total. The van der Waals surface area contributed by atoms with E-state index in [0.29, 0.717) is 12.1 Å².